The molecule has 0 radical (unpaired) electrons. The third-order valence-corrected chi connectivity index (χ3v) is 5.23. The third kappa shape index (κ3) is 3.18. The molecule has 10 heteroatoms. The van der Waals surface area contributed by atoms with Gasteiger partial charge >= 0.3 is 0 Å². The van der Waals surface area contributed by atoms with Crippen molar-refractivity contribution in [1.29, 1.82) is 0 Å². The van der Waals surface area contributed by atoms with E-state index in [1.54, 1.807) is 6.92 Å². The number of sulfonamides is 1. The topological polar surface area (TPSA) is 124 Å². The van der Waals surface area contributed by atoms with Crippen LogP contribution in [-0.2, 0) is 10.0 Å². The predicted molar refractivity (Wildman–Crippen MR) is 86.5 cm³/mol. The summed E-state index contributed by atoms with van der Waals surface area (Å²) in [5.41, 5.74) is 0.223. The van der Waals surface area contributed by atoms with Crippen molar-refractivity contribution in [2.75, 3.05) is 11.4 Å². The molecule has 0 aliphatic carbocycles. The first-order valence-electron chi connectivity index (χ1n) is 6.63. The van der Waals surface area contributed by atoms with Crippen molar-refractivity contribution in [3.8, 4) is 0 Å². The van der Waals surface area contributed by atoms with Crippen LogP contribution in [0.1, 0.15) is 5.56 Å². The second-order valence-electron chi connectivity index (χ2n) is 4.95. The highest BCUT2D eigenvalue weighted by molar-refractivity contribution is 7.92. The molecule has 0 spiro atoms. The maximum atomic E-state index is 12.6. The number of nitro groups is 2. The average Bonchev–Trinajstić information content (AvgIpc) is 2.54. The molecule has 9 nitrogen and oxygen atoms in total. The van der Waals surface area contributed by atoms with Gasteiger partial charge in [-0.2, -0.15) is 0 Å². The maximum Gasteiger partial charge on any atom is 0.271 e. The Morgan fingerprint density at radius 2 is 1.42 bits per heavy atom. The Kier molecular flexibility index (Phi) is 4.51. The molecule has 0 aromatic heterocycles. The zero-order valence-corrected chi connectivity index (χ0v) is 13.6. The van der Waals surface area contributed by atoms with Crippen molar-refractivity contribution in [3.05, 3.63) is 68.3 Å². The van der Waals surface area contributed by atoms with E-state index < -0.39 is 19.9 Å². The van der Waals surface area contributed by atoms with E-state index in [0.29, 0.717) is 5.56 Å². The minimum Gasteiger partial charge on any atom is -0.269 e. The van der Waals surface area contributed by atoms with Gasteiger partial charge in [-0.1, -0.05) is 6.07 Å². The molecule has 0 aliphatic heterocycles. The van der Waals surface area contributed by atoms with Crippen molar-refractivity contribution in [2.24, 2.45) is 0 Å². The number of aryl methyl sites for hydroxylation is 1. The highest BCUT2D eigenvalue weighted by Crippen LogP contribution is 2.29. The summed E-state index contributed by atoms with van der Waals surface area (Å²) in [5.74, 6) is 0. The van der Waals surface area contributed by atoms with Gasteiger partial charge in [0.05, 0.1) is 20.4 Å². The van der Waals surface area contributed by atoms with Crippen LogP contribution in [0.15, 0.2) is 47.4 Å². The summed E-state index contributed by atoms with van der Waals surface area (Å²) in [4.78, 5) is 20.1. The summed E-state index contributed by atoms with van der Waals surface area (Å²) in [6.45, 7) is 1.63. The summed E-state index contributed by atoms with van der Waals surface area (Å²) in [5, 5.41) is 21.5. The molecule has 0 atom stereocenters. The molecular weight excluding hydrogens is 338 g/mol. The zero-order valence-electron chi connectivity index (χ0n) is 12.7. The second kappa shape index (κ2) is 6.24. The van der Waals surface area contributed by atoms with Crippen LogP contribution in [0, 0.1) is 27.2 Å². The molecule has 2 aromatic rings. The van der Waals surface area contributed by atoms with Gasteiger partial charge in [0.15, 0.2) is 0 Å². The van der Waals surface area contributed by atoms with E-state index in [1.165, 1.54) is 19.2 Å². The Bertz CT molecular complexity index is 909. The first-order valence-corrected chi connectivity index (χ1v) is 8.07. The smallest absolute Gasteiger partial charge is 0.269 e. The van der Waals surface area contributed by atoms with Crippen LogP contribution < -0.4 is 4.31 Å². The predicted octanol–water partition coefficient (Wildman–Crippen LogP) is 2.64. The van der Waals surface area contributed by atoms with Crippen LogP contribution in [-0.4, -0.2) is 25.3 Å². The molecule has 0 saturated carbocycles. The normalized spacial score (nSPS) is 11.1. The van der Waals surface area contributed by atoms with E-state index in [0.717, 1.165) is 34.6 Å². The molecule has 0 amide bonds. The summed E-state index contributed by atoms with van der Waals surface area (Å²) in [7, 11) is -2.74. The van der Waals surface area contributed by atoms with Gasteiger partial charge in [-0.25, -0.2) is 8.42 Å². The fraction of sp³-hybridized carbons (Fsp3) is 0.143. The molecule has 2 aromatic carbocycles. The molecule has 0 aliphatic rings. The van der Waals surface area contributed by atoms with Crippen molar-refractivity contribution in [3.63, 3.8) is 0 Å². The molecule has 126 valence electrons. The quantitative estimate of drug-likeness (QED) is 0.602. The van der Waals surface area contributed by atoms with E-state index in [2.05, 4.69) is 0 Å². The standard InChI is InChI=1S/C14H13N3O6S/c1-10-3-4-12(17(20)21)9-14(10)15(2)24(22,23)13-7-5-11(6-8-13)16(18)19/h3-9H,1-2H3. The van der Waals surface area contributed by atoms with Crippen LogP contribution in [0.4, 0.5) is 17.1 Å². The highest BCUT2D eigenvalue weighted by Gasteiger charge is 2.24. The number of hydrogen-bond donors (Lipinski definition) is 0. The van der Waals surface area contributed by atoms with Crippen molar-refractivity contribution in [2.45, 2.75) is 11.8 Å². The van der Waals surface area contributed by atoms with Gasteiger partial charge in [-0.15, -0.1) is 0 Å². The SMILES string of the molecule is Cc1ccc([N+](=O)[O-])cc1N(C)S(=O)(=O)c1ccc([N+](=O)[O-])cc1. The molecular formula is C14H13N3O6S. The fourth-order valence-corrected chi connectivity index (χ4v) is 3.33. The van der Waals surface area contributed by atoms with Crippen molar-refractivity contribution < 1.29 is 18.3 Å². The Morgan fingerprint density at radius 1 is 0.917 bits per heavy atom. The van der Waals surface area contributed by atoms with E-state index in [-0.39, 0.29) is 22.0 Å². The molecule has 0 heterocycles. The minimum absolute atomic E-state index is 0.151. The highest BCUT2D eigenvalue weighted by atomic mass is 32.2. The maximum absolute atomic E-state index is 12.6. The number of nitrogens with zero attached hydrogens (tertiary/aromatic N) is 3. The van der Waals surface area contributed by atoms with Crippen LogP contribution in [0.2, 0.25) is 0 Å². The molecule has 2 rings (SSSR count). The lowest BCUT2D eigenvalue weighted by Crippen LogP contribution is -2.27. The molecule has 24 heavy (non-hydrogen) atoms. The van der Waals surface area contributed by atoms with Crippen LogP contribution in [0.3, 0.4) is 0 Å². The van der Waals surface area contributed by atoms with Gasteiger partial charge in [0.2, 0.25) is 0 Å². The first kappa shape index (κ1) is 17.3. The van der Waals surface area contributed by atoms with Crippen LogP contribution >= 0.6 is 0 Å². The van der Waals surface area contributed by atoms with Gasteiger partial charge in [0.25, 0.3) is 21.4 Å². The lowest BCUT2D eigenvalue weighted by Gasteiger charge is -2.21. The van der Waals surface area contributed by atoms with Gasteiger partial charge in [0.1, 0.15) is 0 Å². The van der Waals surface area contributed by atoms with E-state index in [4.69, 9.17) is 0 Å². The Labute approximate surface area is 137 Å². The molecule has 0 bridgehead atoms. The monoisotopic (exact) mass is 351 g/mol. The number of non-ortho nitro benzene ring substituents is 2. The summed E-state index contributed by atoms with van der Waals surface area (Å²) >= 11 is 0. The molecule has 0 saturated heterocycles. The molecule has 0 unspecified atom stereocenters. The number of hydrogen-bond acceptors (Lipinski definition) is 6. The van der Waals surface area contributed by atoms with Gasteiger partial charge < -0.3 is 0 Å². The fourth-order valence-electron chi connectivity index (χ4n) is 2.08. The minimum atomic E-state index is -4.01. The Hall–Kier alpha value is -3.01. The van der Waals surface area contributed by atoms with Gasteiger partial charge in [0, 0.05) is 31.3 Å². The number of anilines is 1. The van der Waals surface area contributed by atoms with Gasteiger partial charge in [-0.05, 0) is 24.6 Å². The summed E-state index contributed by atoms with van der Waals surface area (Å²) < 4.78 is 26.2. The van der Waals surface area contributed by atoms with Crippen LogP contribution in [0.5, 0.6) is 0 Å². The van der Waals surface area contributed by atoms with Crippen molar-refractivity contribution >= 4 is 27.1 Å². The number of rotatable bonds is 5. The summed E-state index contributed by atoms with van der Waals surface area (Å²) in [6, 6.07) is 8.31. The van der Waals surface area contributed by atoms with Crippen LogP contribution in [0.25, 0.3) is 0 Å². The van der Waals surface area contributed by atoms with Gasteiger partial charge in [-0.3, -0.25) is 24.5 Å². The first-order chi connectivity index (χ1) is 11.1. The lowest BCUT2D eigenvalue weighted by atomic mass is 10.2. The largest absolute Gasteiger partial charge is 0.271 e. The van der Waals surface area contributed by atoms with E-state index >= 15 is 0 Å². The summed E-state index contributed by atoms with van der Waals surface area (Å²) in [6.07, 6.45) is 0. The third-order valence-electron chi connectivity index (χ3n) is 3.45. The number of benzene rings is 2. The zero-order chi connectivity index (χ0) is 18.1. The molecule has 0 fully saturated rings. The Balaban J connectivity index is 2.47. The Morgan fingerprint density at radius 3 is 1.92 bits per heavy atom. The molecule has 0 N–H and O–H groups in total. The van der Waals surface area contributed by atoms with E-state index in [1.807, 2.05) is 0 Å². The number of nitro benzene ring substituents is 2. The lowest BCUT2D eigenvalue weighted by molar-refractivity contribution is -0.385. The average molecular weight is 351 g/mol. The van der Waals surface area contributed by atoms with Crippen molar-refractivity contribution in [1.82, 2.24) is 0 Å². The second-order valence-corrected chi connectivity index (χ2v) is 6.92. The van der Waals surface area contributed by atoms with E-state index in [9.17, 15) is 28.6 Å².